The van der Waals surface area contributed by atoms with Gasteiger partial charge in [0.15, 0.2) is 6.29 Å². The molecule has 0 amide bonds. The quantitative estimate of drug-likeness (QED) is 0.0269. The molecule has 4 N–H and O–H groups in total. The van der Waals surface area contributed by atoms with Gasteiger partial charge in [-0.15, -0.1) is 0 Å². The Bertz CT molecular complexity index is 1160. The zero-order valence-electron chi connectivity index (χ0n) is 38.6. The molecule has 0 aromatic carbocycles. The number of allylic oxidation sites excluding steroid dienone is 12. The van der Waals surface area contributed by atoms with Crippen molar-refractivity contribution in [2.75, 3.05) is 26.4 Å². The van der Waals surface area contributed by atoms with Gasteiger partial charge >= 0.3 is 5.97 Å². The summed E-state index contributed by atoms with van der Waals surface area (Å²) in [6.45, 7) is 4.39. The zero-order valence-corrected chi connectivity index (χ0v) is 38.6. The second-order valence-electron chi connectivity index (χ2n) is 16.5. The van der Waals surface area contributed by atoms with Crippen molar-refractivity contribution in [3.63, 3.8) is 0 Å². The molecule has 0 saturated carbocycles. The summed E-state index contributed by atoms with van der Waals surface area (Å²) in [5.41, 5.74) is 0. The standard InChI is InChI=1S/C52H90O9/c1-3-5-7-9-11-13-15-17-19-21-22-23-24-25-26-28-30-32-34-36-38-40-42-58-44-46(45-59-52-51(57)50(56)49(55)47(43-53)61-52)60-48(54)41-39-37-35-33-31-29-27-20-18-16-14-12-10-8-6-4-2/h5,7,11,13,17,19-20,22-23,25-27,46-47,49-53,55-57H,3-4,6,8-10,12,14-16,18,21,24,28-45H2,1-2H3/b7-5-,13-11-,19-17-,23-22-,26-25-,27-20-. The molecule has 1 heterocycles. The predicted molar refractivity (Wildman–Crippen MR) is 251 cm³/mol. The van der Waals surface area contributed by atoms with E-state index >= 15 is 0 Å². The molecule has 1 aliphatic rings. The number of esters is 1. The van der Waals surface area contributed by atoms with Crippen molar-refractivity contribution in [3.05, 3.63) is 72.9 Å². The molecule has 9 heteroatoms. The van der Waals surface area contributed by atoms with Crippen LogP contribution >= 0.6 is 0 Å². The van der Waals surface area contributed by atoms with Gasteiger partial charge in [0.2, 0.25) is 0 Å². The zero-order chi connectivity index (χ0) is 44.3. The number of carbonyl (C=O) groups is 1. The van der Waals surface area contributed by atoms with Gasteiger partial charge in [-0.05, 0) is 83.5 Å². The van der Waals surface area contributed by atoms with Crippen LogP contribution in [0.15, 0.2) is 72.9 Å². The molecule has 6 atom stereocenters. The normalized spacial score (nSPS) is 20.5. The van der Waals surface area contributed by atoms with Crippen LogP contribution in [0.2, 0.25) is 0 Å². The molecular formula is C52H90O9. The average molecular weight is 859 g/mol. The van der Waals surface area contributed by atoms with E-state index in [4.69, 9.17) is 18.9 Å². The molecule has 0 aromatic heterocycles. The van der Waals surface area contributed by atoms with Crippen molar-refractivity contribution in [2.24, 2.45) is 0 Å². The SMILES string of the molecule is CC/C=C\C/C=C\C/C=C\C/C=C\C/C=C\CCCCCCCCOCC(COC1OC(CO)C(O)C(O)C1O)OC(=O)CCCCCCC/C=C\CCCCCCCCC. The van der Waals surface area contributed by atoms with Gasteiger partial charge in [0.25, 0.3) is 0 Å². The minimum atomic E-state index is -1.54. The smallest absolute Gasteiger partial charge is 0.306 e. The summed E-state index contributed by atoms with van der Waals surface area (Å²) >= 11 is 0. The third-order valence-electron chi connectivity index (χ3n) is 10.9. The maximum absolute atomic E-state index is 12.8. The van der Waals surface area contributed by atoms with Crippen LogP contribution < -0.4 is 0 Å². The fourth-order valence-corrected chi connectivity index (χ4v) is 7.04. The van der Waals surface area contributed by atoms with Crippen molar-refractivity contribution < 1.29 is 44.2 Å². The van der Waals surface area contributed by atoms with Gasteiger partial charge in [-0.2, -0.15) is 0 Å². The number of aliphatic hydroxyl groups is 4. The first-order valence-electron chi connectivity index (χ1n) is 24.5. The molecule has 61 heavy (non-hydrogen) atoms. The Morgan fingerprint density at radius 1 is 0.541 bits per heavy atom. The predicted octanol–water partition coefficient (Wildman–Crippen LogP) is 11.6. The maximum atomic E-state index is 12.8. The van der Waals surface area contributed by atoms with E-state index in [-0.39, 0.29) is 19.2 Å². The highest BCUT2D eigenvalue weighted by atomic mass is 16.7. The lowest BCUT2D eigenvalue weighted by atomic mass is 9.99. The minimum absolute atomic E-state index is 0.126. The third kappa shape index (κ3) is 33.8. The first-order chi connectivity index (χ1) is 29.9. The number of hydrogen-bond acceptors (Lipinski definition) is 9. The Hall–Kier alpha value is -2.37. The third-order valence-corrected chi connectivity index (χ3v) is 10.9. The molecule has 0 radical (unpaired) electrons. The largest absolute Gasteiger partial charge is 0.457 e. The fourth-order valence-electron chi connectivity index (χ4n) is 7.04. The van der Waals surface area contributed by atoms with Crippen LogP contribution in [0.3, 0.4) is 0 Å². The molecule has 0 aliphatic carbocycles. The molecule has 0 spiro atoms. The lowest BCUT2D eigenvalue weighted by molar-refractivity contribution is -0.305. The van der Waals surface area contributed by atoms with Crippen molar-refractivity contribution in [2.45, 2.75) is 224 Å². The van der Waals surface area contributed by atoms with Crippen molar-refractivity contribution in [1.82, 2.24) is 0 Å². The summed E-state index contributed by atoms with van der Waals surface area (Å²) in [5.74, 6) is -0.330. The Kier molecular flexibility index (Phi) is 39.8. The van der Waals surface area contributed by atoms with Crippen LogP contribution in [0.5, 0.6) is 0 Å². The van der Waals surface area contributed by atoms with E-state index in [1.54, 1.807) is 0 Å². The number of rotatable bonds is 41. The summed E-state index contributed by atoms with van der Waals surface area (Å²) in [7, 11) is 0. The minimum Gasteiger partial charge on any atom is -0.457 e. The van der Waals surface area contributed by atoms with E-state index in [9.17, 15) is 25.2 Å². The number of ether oxygens (including phenoxy) is 4. The summed E-state index contributed by atoms with van der Waals surface area (Å²) in [6, 6.07) is 0. The molecule has 1 saturated heterocycles. The number of aliphatic hydroxyl groups excluding tert-OH is 4. The topological polar surface area (TPSA) is 135 Å². The van der Waals surface area contributed by atoms with E-state index in [1.807, 2.05) is 0 Å². The van der Waals surface area contributed by atoms with Crippen molar-refractivity contribution in [1.29, 1.82) is 0 Å². The van der Waals surface area contributed by atoms with Crippen LogP contribution in [-0.2, 0) is 23.7 Å². The van der Waals surface area contributed by atoms with Gasteiger partial charge in [0.1, 0.15) is 30.5 Å². The summed E-state index contributed by atoms with van der Waals surface area (Å²) in [4.78, 5) is 12.8. The molecular weight excluding hydrogens is 769 g/mol. The number of hydrogen-bond donors (Lipinski definition) is 4. The second kappa shape index (κ2) is 42.9. The van der Waals surface area contributed by atoms with Crippen LogP contribution in [0.1, 0.15) is 187 Å². The van der Waals surface area contributed by atoms with Gasteiger partial charge < -0.3 is 39.4 Å². The van der Waals surface area contributed by atoms with E-state index < -0.39 is 43.4 Å². The van der Waals surface area contributed by atoms with Crippen molar-refractivity contribution in [3.8, 4) is 0 Å². The van der Waals surface area contributed by atoms with Gasteiger partial charge in [-0.3, -0.25) is 4.79 Å². The summed E-state index contributed by atoms with van der Waals surface area (Å²) < 4.78 is 22.8. The number of unbranched alkanes of at least 4 members (excludes halogenated alkanes) is 18. The highest BCUT2D eigenvalue weighted by Crippen LogP contribution is 2.22. The van der Waals surface area contributed by atoms with Crippen molar-refractivity contribution >= 4 is 5.97 Å². The van der Waals surface area contributed by atoms with E-state index in [0.29, 0.717) is 13.0 Å². The summed E-state index contributed by atoms with van der Waals surface area (Å²) in [5, 5.41) is 40.2. The molecule has 352 valence electrons. The van der Waals surface area contributed by atoms with Crippen LogP contribution in [0.4, 0.5) is 0 Å². The Morgan fingerprint density at radius 3 is 1.52 bits per heavy atom. The van der Waals surface area contributed by atoms with Crippen LogP contribution in [-0.4, -0.2) is 89.6 Å². The van der Waals surface area contributed by atoms with E-state index in [2.05, 4.69) is 86.8 Å². The summed E-state index contributed by atoms with van der Waals surface area (Å²) in [6.07, 6.45) is 49.3. The maximum Gasteiger partial charge on any atom is 0.306 e. The lowest BCUT2D eigenvalue weighted by Crippen LogP contribution is -2.59. The Labute approximate surface area is 372 Å². The second-order valence-corrected chi connectivity index (χ2v) is 16.5. The monoisotopic (exact) mass is 859 g/mol. The first-order valence-corrected chi connectivity index (χ1v) is 24.5. The van der Waals surface area contributed by atoms with Crippen LogP contribution in [0.25, 0.3) is 0 Å². The lowest BCUT2D eigenvalue weighted by Gasteiger charge is -2.39. The van der Waals surface area contributed by atoms with Gasteiger partial charge in [0, 0.05) is 13.0 Å². The van der Waals surface area contributed by atoms with Crippen LogP contribution in [0, 0.1) is 0 Å². The molecule has 0 bridgehead atoms. The first kappa shape index (κ1) is 56.6. The van der Waals surface area contributed by atoms with Gasteiger partial charge in [-0.1, -0.05) is 170 Å². The molecule has 6 unspecified atom stereocenters. The van der Waals surface area contributed by atoms with E-state index in [1.165, 1.54) is 77.0 Å². The van der Waals surface area contributed by atoms with Gasteiger partial charge in [0.05, 0.1) is 19.8 Å². The fraction of sp³-hybridized carbons (Fsp3) is 0.750. The van der Waals surface area contributed by atoms with E-state index in [0.717, 1.165) is 89.9 Å². The highest BCUT2D eigenvalue weighted by molar-refractivity contribution is 5.69. The number of carbonyl (C=O) groups excluding carboxylic acids is 1. The molecule has 1 rings (SSSR count). The highest BCUT2D eigenvalue weighted by Gasteiger charge is 2.44. The molecule has 9 nitrogen and oxygen atoms in total. The van der Waals surface area contributed by atoms with Gasteiger partial charge in [-0.25, -0.2) is 0 Å². The molecule has 1 aliphatic heterocycles. The average Bonchev–Trinajstić information content (AvgIpc) is 3.26. The Morgan fingerprint density at radius 2 is 1.00 bits per heavy atom. The molecule has 0 aromatic rings. The Balaban J connectivity index is 2.25. The molecule has 1 fully saturated rings.